The normalized spacial score (nSPS) is 17.1. The van der Waals surface area contributed by atoms with Crippen LogP contribution in [0.5, 0.6) is 0 Å². The van der Waals surface area contributed by atoms with E-state index >= 15 is 0 Å². The zero-order chi connectivity index (χ0) is 44.3. The lowest BCUT2D eigenvalue weighted by Gasteiger charge is -2.31. The van der Waals surface area contributed by atoms with Crippen LogP contribution in [-0.2, 0) is 43.2 Å². The van der Waals surface area contributed by atoms with Gasteiger partial charge in [0.2, 0.25) is 41.4 Å². The van der Waals surface area contributed by atoms with Crippen LogP contribution in [-0.4, -0.2) is 128 Å². The fraction of sp³-hybridized carbons (Fsp3) is 0.750. The summed E-state index contributed by atoms with van der Waals surface area (Å²) in [4.78, 5) is 114. The maximum absolute atomic E-state index is 13.7. The third-order valence-electron chi connectivity index (χ3n) is 9.35. The molecule has 0 aliphatic heterocycles. The van der Waals surface area contributed by atoms with Crippen molar-refractivity contribution in [2.45, 2.75) is 155 Å². The monoisotopic (exact) mass is 816 g/mol. The highest BCUT2D eigenvalue weighted by Gasteiger charge is 2.38. The lowest BCUT2D eigenvalue weighted by atomic mass is 9.95. The second-order valence-electron chi connectivity index (χ2n) is 14.8. The van der Waals surface area contributed by atoms with Gasteiger partial charge in [0.15, 0.2) is 0 Å². The van der Waals surface area contributed by atoms with Gasteiger partial charge in [-0.2, -0.15) is 0 Å². The van der Waals surface area contributed by atoms with Gasteiger partial charge in [0, 0.05) is 12.8 Å². The fourth-order valence-electron chi connectivity index (χ4n) is 5.43. The number of aliphatic hydroxyl groups is 2. The van der Waals surface area contributed by atoms with Crippen LogP contribution in [0.4, 0.5) is 0 Å². The van der Waals surface area contributed by atoms with Crippen LogP contribution in [0, 0.1) is 17.8 Å². The number of hydrogen-bond donors (Lipinski definition) is 12. The van der Waals surface area contributed by atoms with Crippen LogP contribution in [0.3, 0.4) is 0 Å². The topological polar surface area (TPSA) is 359 Å². The number of aliphatic hydroxyl groups excluding tert-OH is 2. The molecule has 0 aromatic rings. The first-order chi connectivity index (χ1) is 26.4. The summed E-state index contributed by atoms with van der Waals surface area (Å²) in [6.45, 7) is 12.7. The van der Waals surface area contributed by atoms with E-state index in [2.05, 4.69) is 31.9 Å². The largest absolute Gasteiger partial charge is 0.481 e. The molecule has 0 aromatic carbocycles. The number of carbonyl (C=O) groups is 9. The molecule has 326 valence electrons. The van der Waals surface area contributed by atoms with Crippen LogP contribution in [0.2, 0.25) is 0 Å². The Balaban J connectivity index is 6.32. The first-order valence-corrected chi connectivity index (χ1v) is 19.0. The summed E-state index contributed by atoms with van der Waals surface area (Å²) in [6, 6.07) is -10.2. The number of aliphatic carboxylic acids is 2. The molecule has 0 fully saturated rings. The first-order valence-electron chi connectivity index (χ1n) is 19.0. The van der Waals surface area contributed by atoms with Gasteiger partial charge in [0.1, 0.15) is 36.3 Å². The van der Waals surface area contributed by atoms with Gasteiger partial charge in [-0.05, 0) is 50.9 Å². The van der Waals surface area contributed by atoms with Crippen molar-refractivity contribution < 1.29 is 63.6 Å². The Morgan fingerprint density at radius 3 is 1.26 bits per heavy atom. The predicted octanol–water partition coefficient (Wildman–Crippen LogP) is -2.66. The SMILES string of the molecule is CC[C@H](C)[C@H](NC(=O)[C@@H](NC(=O)[C@@H](NC(=O)[C@@H](NC(=O)[C@@H](N)CC(C)C)[C@@H](C)O)[C@@H](C)CC)[C@@H](C)O)C(=O)N[C@@H](CCC(N)=O)C(=O)N[C@@H](CCC(=O)O)C(=O)O. The maximum atomic E-state index is 13.7. The average Bonchev–Trinajstić information content (AvgIpc) is 3.11. The Labute approximate surface area is 332 Å². The van der Waals surface area contributed by atoms with E-state index in [1.165, 1.54) is 13.8 Å². The number of carbonyl (C=O) groups excluding carboxylic acids is 7. The molecule has 7 amide bonds. The van der Waals surface area contributed by atoms with Crippen molar-refractivity contribution in [2.24, 2.45) is 29.2 Å². The van der Waals surface area contributed by atoms with E-state index in [-0.39, 0.29) is 12.3 Å². The summed E-state index contributed by atoms with van der Waals surface area (Å²) in [5, 5.41) is 53.7. The van der Waals surface area contributed by atoms with Crippen molar-refractivity contribution in [1.82, 2.24) is 31.9 Å². The smallest absolute Gasteiger partial charge is 0.326 e. The number of primary amides is 1. The van der Waals surface area contributed by atoms with Crippen molar-refractivity contribution in [1.29, 1.82) is 0 Å². The van der Waals surface area contributed by atoms with Gasteiger partial charge in [-0.1, -0.05) is 54.4 Å². The van der Waals surface area contributed by atoms with Crippen LogP contribution < -0.4 is 43.4 Å². The van der Waals surface area contributed by atoms with Crippen LogP contribution in [0.1, 0.15) is 100 Å². The molecule has 21 nitrogen and oxygen atoms in total. The standard InChI is InChI=1S/C36H64N8O13/c1-9-17(5)26(32(52)39-22(11-13-24(38)47)31(51)40-23(36(56)57)12-14-25(48)49)41-35(55)29(20(8)46)44-33(53)27(18(6)10-2)42-34(54)28(19(7)45)43-30(50)21(37)15-16(3)4/h16-23,26-29,45-46H,9-15,37H2,1-8H3,(H2,38,47)(H,39,52)(H,40,51)(H,41,55)(H,42,54)(H,43,50)(H,44,53)(H,48,49)(H,56,57)/t17-,18-,19+,20+,21-,22-,23-,26-,27-,28-,29-/m0/s1. The number of hydrogen-bond acceptors (Lipinski definition) is 12. The van der Waals surface area contributed by atoms with Crippen molar-refractivity contribution in [3.63, 3.8) is 0 Å². The highest BCUT2D eigenvalue weighted by Crippen LogP contribution is 2.13. The molecule has 0 aromatic heterocycles. The lowest BCUT2D eigenvalue weighted by molar-refractivity contribution is -0.143. The summed E-state index contributed by atoms with van der Waals surface area (Å²) < 4.78 is 0. The van der Waals surface area contributed by atoms with Crippen LogP contribution in [0.15, 0.2) is 0 Å². The van der Waals surface area contributed by atoms with E-state index in [1.807, 2.05) is 13.8 Å². The Morgan fingerprint density at radius 2 is 0.895 bits per heavy atom. The Morgan fingerprint density at radius 1 is 0.526 bits per heavy atom. The third-order valence-corrected chi connectivity index (χ3v) is 9.35. The van der Waals surface area contributed by atoms with E-state index in [1.54, 1.807) is 27.7 Å². The van der Waals surface area contributed by atoms with Crippen molar-refractivity contribution >= 4 is 53.3 Å². The molecule has 57 heavy (non-hydrogen) atoms. The minimum Gasteiger partial charge on any atom is -0.481 e. The molecule has 0 aliphatic carbocycles. The molecule has 0 saturated carbocycles. The van der Waals surface area contributed by atoms with Crippen molar-refractivity contribution in [3.8, 4) is 0 Å². The minimum absolute atomic E-state index is 0.0605. The molecule has 21 heteroatoms. The van der Waals surface area contributed by atoms with Gasteiger partial charge in [-0.15, -0.1) is 0 Å². The molecule has 0 saturated heterocycles. The van der Waals surface area contributed by atoms with Gasteiger partial charge in [-0.3, -0.25) is 38.4 Å². The van der Waals surface area contributed by atoms with Gasteiger partial charge in [0.05, 0.1) is 18.2 Å². The summed E-state index contributed by atoms with van der Waals surface area (Å²) in [5.41, 5.74) is 11.2. The Kier molecular flexibility index (Phi) is 23.2. The molecule has 0 spiro atoms. The first kappa shape index (κ1) is 52.1. The quantitative estimate of drug-likeness (QED) is 0.0403. The zero-order valence-corrected chi connectivity index (χ0v) is 34.0. The molecule has 0 rings (SSSR count). The third kappa shape index (κ3) is 18.7. The second kappa shape index (κ2) is 25.4. The number of rotatable bonds is 27. The summed E-state index contributed by atoms with van der Waals surface area (Å²) in [6.07, 6.45) is -3.96. The average molecular weight is 817 g/mol. The van der Waals surface area contributed by atoms with E-state index in [4.69, 9.17) is 16.6 Å². The molecular formula is C36H64N8O13. The maximum Gasteiger partial charge on any atom is 0.326 e. The number of carboxylic acid groups (broad SMARTS) is 2. The number of nitrogens with one attached hydrogen (secondary N) is 6. The molecule has 0 heterocycles. The summed E-state index contributed by atoms with van der Waals surface area (Å²) in [7, 11) is 0. The van der Waals surface area contributed by atoms with Gasteiger partial charge in [-0.25, -0.2) is 4.79 Å². The number of amides is 7. The van der Waals surface area contributed by atoms with Gasteiger partial charge >= 0.3 is 11.9 Å². The molecule has 0 bridgehead atoms. The second-order valence-corrected chi connectivity index (χ2v) is 14.8. The molecule has 14 N–H and O–H groups in total. The van der Waals surface area contributed by atoms with E-state index in [9.17, 15) is 58.5 Å². The highest BCUT2D eigenvalue weighted by atomic mass is 16.4. The van der Waals surface area contributed by atoms with Gasteiger partial charge < -0.3 is 63.8 Å². The van der Waals surface area contributed by atoms with Crippen molar-refractivity contribution in [3.05, 3.63) is 0 Å². The fourth-order valence-corrected chi connectivity index (χ4v) is 5.43. The van der Waals surface area contributed by atoms with Gasteiger partial charge in [0.25, 0.3) is 0 Å². The number of carboxylic acids is 2. The molecule has 0 aliphatic rings. The number of nitrogens with two attached hydrogens (primary N) is 2. The summed E-state index contributed by atoms with van der Waals surface area (Å²) in [5.74, 6) is -10.5. The Hall–Kier alpha value is -4.89. The van der Waals surface area contributed by atoms with E-state index in [0.717, 1.165) is 0 Å². The van der Waals surface area contributed by atoms with Crippen LogP contribution in [0.25, 0.3) is 0 Å². The van der Waals surface area contributed by atoms with E-state index < -0.39 is 145 Å². The lowest BCUT2D eigenvalue weighted by Crippen LogP contribution is -2.63. The predicted molar refractivity (Wildman–Crippen MR) is 204 cm³/mol. The molecule has 0 radical (unpaired) electrons. The molecule has 0 unspecified atom stereocenters. The van der Waals surface area contributed by atoms with E-state index in [0.29, 0.717) is 12.8 Å². The molecule has 11 atom stereocenters. The highest BCUT2D eigenvalue weighted by molar-refractivity contribution is 5.97. The zero-order valence-electron chi connectivity index (χ0n) is 34.0. The molecular weight excluding hydrogens is 752 g/mol. The van der Waals surface area contributed by atoms with Crippen molar-refractivity contribution in [2.75, 3.05) is 0 Å². The Bertz CT molecular complexity index is 1410. The van der Waals surface area contributed by atoms with Crippen LogP contribution >= 0.6 is 0 Å². The summed E-state index contributed by atoms with van der Waals surface area (Å²) >= 11 is 0. The minimum atomic E-state index is -1.71.